The van der Waals surface area contributed by atoms with E-state index in [1.165, 1.54) is 16.2 Å². The van der Waals surface area contributed by atoms with E-state index in [9.17, 15) is 13.2 Å². The molecule has 0 bridgehead atoms. The van der Waals surface area contributed by atoms with Gasteiger partial charge in [0, 0.05) is 17.5 Å². The van der Waals surface area contributed by atoms with Crippen LogP contribution in [0.4, 0.5) is 18.3 Å². The molecule has 0 saturated heterocycles. The predicted octanol–water partition coefficient (Wildman–Crippen LogP) is 3.98. The van der Waals surface area contributed by atoms with Gasteiger partial charge in [0.15, 0.2) is 5.13 Å². The second-order valence-electron chi connectivity index (χ2n) is 5.23. The van der Waals surface area contributed by atoms with Gasteiger partial charge < -0.3 is 10.2 Å². The smallest absolute Gasteiger partial charge is 0.337 e. The molecule has 0 radical (unpaired) electrons. The highest BCUT2D eigenvalue weighted by molar-refractivity contribution is 7.15. The fourth-order valence-corrected chi connectivity index (χ4v) is 3.17. The molecule has 122 valence electrons. The number of aromatic nitrogens is 1. The zero-order valence-corrected chi connectivity index (χ0v) is 13.9. The number of halogens is 3. The minimum Gasteiger partial charge on any atom is -0.337 e. The van der Waals surface area contributed by atoms with Crippen LogP contribution in [-0.4, -0.2) is 30.3 Å². The Hall–Kier alpha value is -0.820. The largest absolute Gasteiger partial charge is 0.406 e. The van der Waals surface area contributed by atoms with Gasteiger partial charge in [-0.2, -0.15) is 13.2 Å². The van der Waals surface area contributed by atoms with E-state index >= 15 is 0 Å². The monoisotopic (exact) mass is 323 g/mol. The molecule has 0 aromatic carbocycles. The molecule has 0 aliphatic rings. The Morgan fingerprint density at radius 3 is 2.43 bits per heavy atom. The summed E-state index contributed by atoms with van der Waals surface area (Å²) in [5.74, 6) is 0. The van der Waals surface area contributed by atoms with Gasteiger partial charge in [0.05, 0.1) is 5.69 Å². The first-order chi connectivity index (χ1) is 9.78. The summed E-state index contributed by atoms with van der Waals surface area (Å²) >= 11 is 1.37. The van der Waals surface area contributed by atoms with E-state index in [1.807, 2.05) is 13.8 Å². The van der Waals surface area contributed by atoms with E-state index in [4.69, 9.17) is 0 Å². The number of hydrogen-bond acceptors (Lipinski definition) is 4. The maximum atomic E-state index is 12.7. The van der Waals surface area contributed by atoms with Crippen molar-refractivity contribution in [1.82, 2.24) is 10.3 Å². The molecule has 1 aromatic rings. The molecule has 3 nitrogen and oxygen atoms in total. The van der Waals surface area contributed by atoms with Crippen molar-refractivity contribution in [1.29, 1.82) is 0 Å². The molecule has 21 heavy (non-hydrogen) atoms. The molecular formula is C14H24F3N3S. The molecule has 0 spiro atoms. The number of nitrogens with zero attached hydrogens (tertiary/aromatic N) is 2. The van der Waals surface area contributed by atoms with E-state index in [0.717, 1.165) is 30.0 Å². The van der Waals surface area contributed by atoms with Gasteiger partial charge in [0.25, 0.3) is 0 Å². The predicted molar refractivity (Wildman–Crippen MR) is 82.0 cm³/mol. The van der Waals surface area contributed by atoms with E-state index in [2.05, 4.69) is 10.3 Å². The molecule has 0 aliphatic carbocycles. The molecule has 0 fully saturated rings. The van der Waals surface area contributed by atoms with Gasteiger partial charge in [-0.25, -0.2) is 4.98 Å². The highest BCUT2D eigenvalue weighted by atomic mass is 32.1. The van der Waals surface area contributed by atoms with Gasteiger partial charge in [-0.05, 0) is 26.8 Å². The van der Waals surface area contributed by atoms with Crippen molar-refractivity contribution in [2.75, 3.05) is 18.0 Å². The van der Waals surface area contributed by atoms with Crippen LogP contribution in [0.2, 0.25) is 0 Å². The van der Waals surface area contributed by atoms with Crippen LogP contribution in [0.25, 0.3) is 0 Å². The molecule has 0 atom stereocenters. The van der Waals surface area contributed by atoms with Gasteiger partial charge in [-0.3, -0.25) is 0 Å². The molecule has 0 unspecified atom stereocenters. The van der Waals surface area contributed by atoms with Crippen LogP contribution in [0.1, 0.15) is 44.7 Å². The third-order valence-corrected chi connectivity index (χ3v) is 4.14. The van der Waals surface area contributed by atoms with Crippen molar-refractivity contribution in [2.24, 2.45) is 0 Å². The normalized spacial score (nSPS) is 12.2. The van der Waals surface area contributed by atoms with Gasteiger partial charge >= 0.3 is 6.18 Å². The van der Waals surface area contributed by atoms with Crippen molar-refractivity contribution in [3.05, 3.63) is 10.6 Å². The van der Waals surface area contributed by atoms with E-state index in [0.29, 0.717) is 11.7 Å². The zero-order valence-electron chi connectivity index (χ0n) is 13.0. The Balaban J connectivity index is 3.02. The van der Waals surface area contributed by atoms with Crippen LogP contribution in [0.15, 0.2) is 0 Å². The van der Waals surface area contributed by atoms with E-state index in [1.54, 1.807) is 13.8 Å². The Kier molecular flexibility index (Phi) is 6.93. The summed E-state index contributed by atoms with van der Waals surface area (Å²) in [6.07, 6.45) is -2.49. The summed E-state index contributed by atoms with van der Waals surface area (Å²) in [7, 11) is 0. The number of nitrogens with one attached hydrogen (secondary N) is 1. The van der Waals surface area contributed by atoms with Crippen molar-refractivity contribution < 1.29 is 13.2 Å². The fourth-order valence-electron chi connectivity index (χ4n) is 1.97. The fraction of sp³-hybridized carbons (Fsp3) is 0.786. The number of rotatable bonds is 8. The maximum absolute atomic E-state index is 12.7. The van der Waals surface area contributed by atoms with Gasteiger partial charge in [-0.1, -0.05) is 20.3 Å². The minimum absolute atomic E-state index is 0.237. The lowest BCUT2D eigenvalue weighted by Crippen LogP contribution is -2.39. The molecular weight excluding hydrogens is 299 g/mol. The molecule has 0 amide bonds. The Labute approximate surface area is 128 Å². The average molecular weight is 323 g/mol. The number of alkyl halides is 3. The highest BCUT2D eigenvalue weighted by Gasteiger charge is 2.33. The molecule has 1 heterocycles. The first-order valence-corrected chi connectivity index (χ1v) is 8.12. The molecule has 1 N–H and O–H groups in total. The van der Waals surface area contributed by atoms with Gasteiger partial charge in [-0.15, -0.1) is 11.3 Å². The molecule has 0 aliphatic heterocycles. The highest BCUT2D eigenvalue weighted by Crippen LogP contribution is 2.31. The lowest BCUT2D eigenvalue weighted by atomic mass is 10.2. The zero-order chi connectivity index (χ0) is 16.0. The Morgan fingerprint density at radius 1 is 1.29 bits per heavy atom. The van der Waals surface area contributed by atoms with Gasteiger partial charge in [0.1, 0.15) is 6.54 Å². The topological polar surface area (TPSA) is 28.2 Å². The van der Waals surface area contributed by atoms with Crippen LogP contribution in [0, 0.1) is 0 Å². The summed E-state index contributed by atoms with van der Waals surface area (Å²) in [4.78, 5) is 6.84. The summed E-state index contributed by atoms with van der Waals surface area (Å²) < 4.78 is 38.2. The molecule has 1 aromatic heterocycles. The van der Waals surface area contributed by atoms with Crippen molar-refractivity contribution >= 4 is 16.5 Å². The molecule has 7 heteroatoms. The second kappa shape index (κ2) is 7.98. The lowest BCUT2D eigenvalue weighted by Gasteiger charge is -2.27. The average Bonchev–Trinajstić information content (AvgIpc) is 2.75. The van der Waals surface area contributed by atoms with Crippen molar-refractivity contribution in [3.8, 4) is 0 Å². The Morgan fingerprint density at radius 2 is 1.95 bits per heavy atom. The number of thiazole rings is 1. The van der Waals surface area contributed by atoms with Gasteiger partial charge in [0.2, 0.25) is 0 Å². The van der Waals surface area contributed by atoms with Crippen LogP contribution in [0.5, 0.6) is 0 Å². The maximum Gasteiger partial charge on any atom is 0.406 e. The summed E-state index contributed by atoms with van der Waals surface area (Å²) in [5.41, 5.74) is 0.922. The van der Waals surface area contributed by atoms with Crippen LogP contribution >= 0.6 is 11.3 Å². The van der Waals surface area contributed by atoms with Crippen molar-refractivity contribution in [2.45, 2.75) is 59.3 Å². The minimum atomic E-state index is -4.22. The summed E-state index contributed by atoms with van der Waals surface area (Å²) in [6, 6.07) is -0.237. The van der Waals surface area contributed by atoms with Crippen LogP contribution in [-0.2, 0) is 13.0 Å². The van der Waals surface area contributed by atoms with Crippen LogP contribution < -0.4 is 10.2 Å². The third-order valence-electron chi connectivity index (χ3n) is 3.01. The van der Waals surface area contributed by atoms with Crippen molar-refractivity contribution in [3.63, 3.8) is 0 Å². The summed E-state index contributed by atoms with van der Waals surface area (Å²) in [5, 5.41) is 3.69. The lowest BCUT2D eigenvalue weighted by molar-refractivity contribution is -0.120. The Bertz CT molecular complexity index is 430. The summed E-state index contributed by atoms with van der Waals surface area (Å²) in [6.45, 7) is 8.12. The van der Waals surface area contributed by atoms with Crippen LogP contribution in [0.3, 0.4) is 0 Å². The first-order valence-electron chi connectivity index (χ1n) is 7.31. The second-order valence-corrected chi connectivity index (χ2v) is 6.30. The number of hydrogen-bond donors (Lipinski definition) is 1. The first kappa shape index (κ1) is 18.2. The molecule has 1 rings (SSSR count). The standard InChI is InChI=1S/C14H24F3N3S/c1-5-7-11-12(8-18-6-2)21-13(19-11)20(10(3)4)9-14(15,16)17/h10,18H,5-9H2,1-4H3. The van der Waals surface area contributed by atoms with E-state index < -0.39 is 12.7 Å². The third kappa shape index (κ3) is 5.82. The quantitative estimate of drug-likeness (QED) is 0.784. The van der Waals surface area contributed by atoms with E-state index in [-0.39, 0.29) is 6.04 Å². The molecule has 0 saturated carbocycles. The number of anilines is 1. The SMILES string of the molecule is CCCc1nc(N(CC(F)(F)F)C(C)C)sc1CNCC. The number of aryl methyl sites for hydroxylation is 1.